The molecule has 64 heavy (non-hydrogen) atoms. The zero-order valence-corrected chi connectivity index (χ0v) is 40.4. The number of esters is 7. The minimum atomic E-state index is -1.65. The number of hydrogen-bond acceptors (Lipinski definition) is 17. The number of rotatable bonds is 23. The van der Waals surface area contributed by atoms with E-state index in [0.29, 0.717) is 19.3 Å². The van der Waals surface area contributed by atoms with Gasteiger partial charge in [-0.2, -0.15) is 0 Å². The summed E-state index contributed by atoms with van der Waals surface area (Å²) < 4.78 is 53.5. The second-order valence-electron chi connectivity index (χ2n) is 18.6. The van der Waals surface area contributed by atoms with E-state index >= 15 is 0 Å². The quantitative estimate of drug-likeness (QED) is 0.0593. The third-order valence-electron chi connectivity index (χ3n) is 11.1. The Balaban J connectivity index is 2.86. The largest absolute Gasteiger partial charge is 0.469 e. The van der Waals surface area contributed by atoms with Crippen LogP contribution in [0.25, 0.3) is 0 Å². The van der Waals surface area contributed by atoms with E-state index in [1.54, 1.807) is 27.7 Å². The summed E-state index contributed by atoms with van der Waals surface area (Å²) >= 11 is 0. The van der Waals surface area contributed by atoms with Crippen molar-refractivity contribution < 1.29 is 81.0 Å². The summed E-state index contributed by atoms with van der Waals surface area (Å²) in [5.41, 5.74) is 0.134. The number of Topliss-reactive ketones (excluding diaryl/α,β-unsaturated/α-hetero) is 1. The van der Waals surface area contributed by atoms with Crippen LogP contribution in [0.4, 0.5) is 0 Å². The molecule has 0 aromatic rings. The second kappa shape index (κ2) is 25.4. The van der Waals surface area contributed by atoms with Crippen molar-refractivity contribution in [3.05, 3.63) is 11.6 Å². The maximum atomic E-state index is 14.0. The van der Waals surface area contributed by atoms with Gasteiger partial charge in [-0.3, -0.25) is 33.6 Å². The highest BCUT2D eigenvalue weighted by Gasteiger charge is 2.56. The number of hydrogen-bond donors (Lipinski definition) is 0. The van der Waals surface area contributed by atoms with Crippen molar-refractivity contribution in [3.63, 3.8) is 0 Å². The Morgan fingerprint density at radius 3 is 1.81 bits per heavy atom. The van der Waals surface area contributed by atoms with E-state index in [1.807, 2.05) is 27.7 Å². The van der Waals surface area contributed by atoms with Crippen LogP contribution in [0.3, 0.4) is 0 Å². The molecule has 0 saturated carbocycles. The Hall–Kier alpha value is -4.38. The third kappa shape index (κ3) is 17.5. The summed E-state index contributed by atoms with van der Waals surface area (Å²) in [6.45, 7) is 19.7. The first-order valence-electron chi connectivity index (χ1n) is 22.4. The first kappa shape index (κ1) is 55.8. The van der Waals surface area contributed by atoms with E-state index in [9.17, 15) is 38.4 Å². The smallest absolute Gasteiger partial charge is 0.333 e. The van der Waals surface area contributed by atoms with Gasteiger partial charge in [0, 0.05) is 64.4 Å². The normalized spacial score (nSPS) is 25.2. The van der Waals surface area contributed by atoms with Crippen molar-refractivity contribution >= 4 is 47.6 Å². The lowest BCUT2D eigenvalue weighted by Crippen LogP contribution is -2.60. The molecule has 1 spiro atoms. The van der Waals surface area contributed by atoms with E-state index in [-0.39, 0.29) is 80.0 Å². The number of methoxy groups -OCH3 is 2. The van der Waals surface area contributed by atoms with Gasteiger partial charge in [0.1, 0.15) is 30.0 Å². The zero-order chi connectivity index (χ0) is 48.7. The Kier molecular flexibility index (Phi) is 22.1. The maximum absolute atomic E-state index is 14.0. The number of ether oxygens (including phenoxy) is 9. The van der Waals surface area contributed by atoms with Crippen LogP contribution in [0.5, 0.6) is 0 Å². The molecule has 0 aromatic heterocycles. The molecule has 0 amide bonds. The molecule has 0 radical (unpaired) electrons. The van der Waals surface area contributed by atoms with Gasteiger partial charge in [-0.25, -0.2) is 4.79 Å². The highest BCUT2D eigenvalue weighted by molar-refractivity contribution is 5.87. The first-order chi connectivity index (χ1) is 29.8. The van der Waals surface area contributed by atoms with Crippen LogP contribution in [0.2, 0.25) is 0 Å². The molecule has 0 aliphatic carbocycles. The molecule has 2 heterocycles. The summed E-state index contributed by atoms with van der Waals surface area (Å²) in [6, 6.07) is 0. The molecule has 2 aliphatic rings. The van der Waals surface area contributed by atoms with Gasteiger partial charge < -0.3 is 42.6 Å². The average molecular weight is 911 g/mol. The lowest BCUT2D eigenvalue weighted by atomic mass is 9.78. The number of carbonyl (C=O) groups is 8. The molecular weight excluding hydrogens is 836 g/mol. The standard InChI is InChI=1S/C47H74O17/c1-15-38(51)59-35(17-16-30(8)44(54)56-13)41(45(55)57-14)43(58-33(11)49)36(60-39(52)18-26(2)3)21-31(9)42(61-40(53)19-27(4)5)37-20-28(6)22-46(63-37)23-29(7)24-47(64-46,25-32(10)48)62-34(12)50/h16,26-29,31,35-37,41-43H,15,17-25H2,1-14H3/t28-,29-,31-,35-,36+,37+,41-,42-,43-,46-,47+/m0/s1. The number of carbonyl (C=O) groups excluding carboxylic acids is 8. The van der Waals surface area contributed by atoms with Crippen LogP contribution in [-0.4, -0.2) is 104 Å². The molecule has 2 rings (SSSR count). The van der Waals surface area contributed by atoms with Crippen molar-refractivity contribution in [3.8, 4) is 0 Å². The van der Waals surface area contributed by atoms with Crippen molar-refractivity contribution in [1.29, 1.82) is 0 Å². The Morgan fingerprint density at radius 1 is 0.719 bits per heavy atom. The third-order valence-corrected chi connectivity index (χ3v) is 11.1. The fourth-order valence-electron chi connectivity index (χ4n) is 8.84. The predicted molar refractivity (Wildman–Crippen MR) is 229 cm³/mol. The zero-order valence-electron chi connectivity index (χ0n) is 40.4. The molecule has 17 heteroatoms. The van der Waals surface area contributed by atoms with E-state index in [2.05, 4.69) is 0 Å². The Bertz CT molecular complexity index is 1650. The van der Waals surface area contributed by atoms with Gasteiger partial charge in [0.05, 0.1) is 26.7 Å². The minimum Gasteiger partial charge on any atom is -0.469 e. The first-order valence-corrected chi connectivity index (χ1v) is 22.4. The minimum absolute atomic E-state index is 0.0502. The molecule has 0 aromatic carbocycles. The summed E-state index contributed by atoms with van der Waals surface area (Å²) in [5, 5.41) is 0. The van der Waals surface area contributed by atoms with Gasteiger partial charge in [-0.05, 0) is 56.3 Å². The van der Waals surface area contributed by atoms with Gasteiger partial charge in [0.15, 0.2) is 11.9 Å². The Labute approximate surface area is 378 Å². The highest BCUT2D eigenvalue weighted by Crippen LogP contribution is 2.50. The molecule has 0 unspecified atom stereocenters. The van der Waals surface area contributed by atoms with Crippen LogP contribution in [0.15, 0.2) is 11.6 Å². The lowest BCUT2D eigenvalue weighted by molar-refractivity contribution is -0.405. The van der Waals surface area contributed by atoms with Gasteiger partial charge in [0.25, 0.3) is 0 Å². The van der Waals surface area contributed by atoms with Crippen LogP contribution >= 0.6 is 0 Å². The van der Waals surface area contributed by atoms with Gasteiger partial charge in [-0.15, -0.1) is 0 Å². The monoisotopic (exact) mass is 910 g/mol. The van der Waals surface area contributed by atoms with Gasteiger partial charge in [-0.1, -0.05) is 61.5 Å². The van der Waals surface area contributed by atoms with Crippen molar-refractivity contribution in [2.75, 3.05) is 14.2 Å². The van der Waals surface area contributed by atoms with Crippen LogP contribution in [0.1, 0.15) is 147 Å². The van der Waals surface area contributed by atoms with Gasteiger partial charge >= 0.3 is 41.8 Å². The molecule has 2 aliphatic heterocycles. The highest BCUT2D eigenvalue weighted by atomic mass is 16.8. The van der Waals surface area contributed by atoms with Crippen LogP contribution in [0, 0.1) is 35.5 Å². The van der Waals surface area contributed by atoms with Crippen molar-refractivity contribution in [2.24, 2.45) is 35.5 Å². The predicted octanol–water partition coefficient (Wildman–Crippen LogP) is 6.68. The molecular formula is C47H74O17. The summed E-state index contributed by atoms with van der Waals surface area (Å²) in [6.07, 6.45) is -4.44. The van der Waals surface area contributed by atoms with Crippen molar-refractivity contribution in [1.82, 2.24) is 0 Å². The van der Waals surface area contributed by atoms with Gasteiger partial charge in [0.2, 0.25) is 5.79 Å². The summed E-state index contributed by atoms with van der Waals surface area (Å²) in [5.74, 6) is -11.2. The van der Waals surface area contributed by atoms with E-state index < -0.39 is 95.7 Å². The SMILES string of the molecule is CCC(=O)O[C@@H](CC=C(C)C(=O)OC)[C@H](C(=O)OC)[C@@H](OC(C)=O)[C@@H](C[C@H](C)[C@H](OC(=O)CC(C)C)[C@H]1C[C@H](C)C[C@]2(C[C@H](C)C[C@@](CC(C)=O)(OC(C)=O)O2)O1)OC(=O)CC(C)C. The fourth-order valence-corrected chi connectivity index (χ4v) is 8.84. The van der Waals surface area contributed by atoms with Crippen molar-refractivity contribution in [2.45, 2.75) is 189 Å². The topological polar surface area (TPSA) is 220 Å². The fraction of sp³-hybridized carbons (Fsp3) is 0.787. The average Bonchev–Trinajstić information content (AvgIpc) is 3.15. The van der Waals surface area contributed by atoms with E-state index in [0.717, 1.165) is 14.0 Å². The lowest BCUT2D eigenvalue weighted by Gasteiger charge is -2.54. The second-order valence-corrected chi connectivity index (χ2v) is 18.6. The molecule has 2 saturated heterocycles. The summed E-state index contributed by atoms with van der Waals surface area (Å²) in [4.78, 5) is 105. The number of ketones is 1. The molecule has 364 valence electrons. The molecule has 0 N–H and O–H groups in total. The molecule has 11 atom stereocenters. The van der Waals surface area contributed by atoms with Crippen LogP contribution < -0.4 is 0 Å². The molecule has 0 bridgehead atoms. The van der Waals surface area contributed by atoms with E-state index in [1.165, 1.54) is 34.0 Å². The Morgan fingerprint density at radius 2 is 1.30 bits per heavy atom. The van der Waals surface area contributed by atoms with E-state index in [4.69, 9.17) is 42.6 Å². The maximum Gasteiger partial charge on any atom is 0.333 e. The van der Waals surface area contributed by atoms with Crippen LogP contribution in [-0.2, 0) is 81.0 Å². The molecule has 17 nitrogen and oxygen atoms in total. The molecule has 2 fully saturated rings. The summed E-state index contributed by atoms with van der Waals surface area (Å²) in [7, 11) is 2.29.